The Hall–Kier alpha value is -2.82. The van der Waals surface area contributed by atoms with E-state index in [0.29, 0.717) is 51.4 Å². The highest BCUT2D eigenvalue weighted by Gasteiger charge is 2.45. The van der Waals surface area contributed by atoms with Crippen molar-refractivity contribution in [2.24, 2.45) is 23.7 Å². The summed E-state index contributed by atoms with van der Waals surface area (Å²) in [5, 5.41) is 3.05. The molecular formula is C36H48ClN3O6S. The number of nitrogens with zero attached hydrogens (tertiary/aromatic N) is 1. The number of carbonyl (C=O) groups excluding carboxylic acids is 2. The van der Waals surface area contributed by atoms with Gasteiger partial charge in [0.2, 0.25) is 15.9 Å². The molecule has 0 saturated heterocycles. The number of benzene rings is 2. The number of anilines is 1. The van der Waals surface area contributed by atoms with Gasteiger partial charge in [-0.05, 0) is 111 Å². The van der Waals surface area contributed by atoms with Gasteiger partial charge in [0.05, 0.1) is 24.2 Å². The summed E-state index contributed by atoms with van der Waals surface area (Å²) < 4.78 is 40.9. The van der Waals surface area contributed by atoms with Gasteiger partial charge in [0.15, 0.2) is 0 Å². The number of methoxy groups -OCH3 is 1. The fourth-order valence-corrected chi connectivity index (χ4v) is 9.82. The van der Waals surface area contributed by atoms with E-state index in [9.17, 15) is 18.0 Å². The number of fused-ring (bicyclic) bond motifs is 4. The van der Waals surface area contributed by atoms with Crippen LogP contribution < -0.4 is 19.7 Å². The normalized spacial score (nSPS) is 30.5. The van der Waals surface area contributed by atoms with Gasteiger partial charge in [-0.25, -0.2) is 13.1 Å². The highest BCUT2D eigenvalue weighted by Crippen LogP contribution is 2.48. The van der Waals surface area contributed by atoms with E-state index in [-0.39, 0.29) is 40.6 Å². The molecule has 4 aliphatic rings. The van der Waals surface area contributed by atoms with Crippen LogP contribution in [0.15, 0.2) is 36.4 Å². The summed E-state index contributed by atoms with van der Waals surface area (Å²) in [6.07, 6.45) is 6.97. The van der Waals surface area contributed by atoms with E-state index in [1.54, 1.807) is 32.2 Å². The molecule has 1 fully saturated rings. The van der Waals surface area contributed by atoms with Crippen molar-refractivity contribution < 1.29 is 27.5 Å². The molecule has 1 saturated carbocycles. The summed E-state index contributed by atoms with van der Waals surface area (Å²) in [6.45, 7) is 6.35. The van der Waals surface area contributed by atoms with Crippen molar-refractivity contribution >= 4 is 39.1 Å². The molecule has 47 heavy (non-hydrogen) atoms. The third kappa shape index (κ3) is 7.01. The molecule has 2 heterocycles. The average molecular weight is 686 g/mol. The molecule has 2 aromatic carbocycles. The molecule has 2 bridgehead atoms. The van der Waals surface area contributed by atoms with Crippen LogP contribution in [0.4, 0.5) is 5.69 Å². The molecule has 2 amide bonds. The van der Waals surface area contributed by atoms with E-state index in [1.165, 1.54) is 11.1 Å². The molecule has 1 spiro atoms. The number of ether oxygens (including phenoxy) is 2. The van der Waals surface area contributed by atoms with Crippen LogP contribution in [0.3, 0.4) is 0 Å². The van der Waals surface area contributed by atoms with E-state index >= 15 is 0 Å². The first kappa shape index (κ1) is 34.1. The van der Waals surface area contributed by atoms with E-state index in [1.807, 2.05) is 13.0 Å². The Bertz CT molecular complexity index is 1600. The second-order valence-electron chi connectivity index (χ2n) is 14.3. The Morgan fingerprint density at radius 2 is 1.96 bits per heavy atom. The lowest BCUT2D eigenvalue weighted by Gasteiger charge is -2.46. The number of nitrogens with one attached hydrogen (secondary N) is 2. The molecule has 2 N–H and O–H groups in total. The lowest BCUT2D eigenvalue weighted by atomic mass is 9.64. The molecule has 2 aromatic rings. The highest BCUT2D eigenvalue weighted by atomic mass is 35.5. The molecule has 6 rings (SSSR count). The van der Waals surface area contributed by atoms with Crippen LogP contribution in [-0.4, -0.2) is 65.4 Å². The summed E-state index contributed by atoms with van der Waals surface area (Å²) in [7, 11) is -2.31. The number of aryl methyl sites for hydroxylation is 1. The topological polar surface area (TPSA) is 114 Å². The molecule has 0 radical (unpaired) electrons. The first-order valence-corrected chi connectivity index (χ1v) is 19.1. The number of sulfonamides is 1. The number of amides is 2. The van der Waals surface area contributed by atoms with Gasteiger partial charge in [-0.15, -0.1) is 0 Å². The zero-order chi connectivity index (χ0) is 33.3. The van der Waals surface area contributed by atoms with Crippen molar-refractivity contribution in [1.29, 1.82) is 0 Å². The lowest BCUT2D eigenvalue weighted by molar-refractivity contribution is -0.129. The van der Waals surface area contributed by atoms with Gasteiger partial charge in [-0.1, -0.05) is 31.0 Å². The number of hydrogen-bond acceptors (Lipinski definition) is 7. The highest BCUT2D eigenvalue weighted by molar-refractivity contribution is 7.90. The van der Waals surface area contributed by atoms with Crippen molar-refractivity contribution in [2.75, 3.05) is 44.9 Å². The average Bonchev–Trinajstić information content (AvgIpc) is 3.18. The van der Waals surface area contributed by atoms with Gasteiger partial charge in [0, 0.05) is 48.7 Å². The molecule has 11 heteroatoms. The lowest BCUT2D eigenvalue weighted by Crippen LogP contribution is -2.50. The van der Waals surface area contributed by atoms with Gasteiger partial charge in [-0.3, -0.25) is 9.59 Å². The predicted octanol–water partition coefficient (Wildman–Crippen LogP) is 5.49. The number of halogens is 1. The zero-order valence-electron chi connectivity index (χ0n) is 27.7. The molecule has 2 aliphatic heterocycles. The van der Waals surface area contributed by atoms with Crippen molar-refractivity contribution in [2.45, 2.75) is 75.9 Å². The van der Waals surface area contributed by atoms with E-state index in [2.05, 4.69) is 27.1 Å². The second kappa shape index (κ2) is 14.0. The monoisotopic (exact) mass is 685 g/mol. The van der Waals surface area contributed by atoms with Gasteiger partial charge in [0.25, 0.3) is 5.91 Å². The maximum absolute atomic E-state index is 13.7. The minimum absolute atomic E-state index is 0.0508. The fourth-order valence-electron chi connectivity index (χ4n) is 8.32. The number of hydrogen-bond donors (Lipinski definition) is 2. The number of carbonyl (C=O) groups is 2. The third-order valence-electron chi connectivity index (χ3n) is 11.4. The molecule has 0 aromatic heterocycles. The van der Waals surface area contributed by atoms with Crippen LogP contribution in [0.5, 0.6) is 5.75 Å². The summed E-state index contributed by atoms with van der Waals surface area (Å²) in [5.41, 5.74) is 3.27. The van der Waals surface area contributed by atoms with Crippen LogP contribution in [0.1, 0.15) is 80.3 Å². The van der Waals surface area contributed by atoms with Crippen molar-refractivity contribution in [3.05, 3.63) is 58.1 Å². The molecule has 9 nitrogen and oxygen atoms in total. The Labute approximate surface area is 284 Å². The Kier molecular flexibility index (Phi) is 10.1. The van der Waals surface area contributed by atoms with E-state index in [4.69, 9.17) is 21.1 Å². The van der Waals surface area contributed by atoms with Crippen LogP contribution in [0.2, 0.25) is 5.02 Å². The second-order valence-corrected chi connectivity index (χ2v) is 16.7. The molecule has 2 aliphatic carbocycles. The minimum atomic E-state index is -3.94. The van der Waals surface area contributed by atoms with E-state index < -0.39 is 21.2 Å². The summed E-state index contributed by atoms with van der Waals surface area (Å²) >= 11 is 6.43. The number of rotatable bonds is 4. The minimum Gasteiger partial charge on any atom is -0.490 e. The van der Waals surface area contributed by atoms with E-state index in [0.717, 1.165) is 49.2 Å². The Morgan fingerprint density at radius 1 is 1.13 bits per heavy atom. The smallest absolute Gasteiger partial charge is 0.264 e. The summed E-state index contributed by atoms with van der Waals surface area (Å²) in [6, 6.07) is 11.4. The van der Waals surface area contributed by atoms with Crippen LogP contribution in [-0.2, 0) is 31.4 Å². The van der Waals surface area contributed by atoms with Crippen LogP contribution in [0, 0.1) is 23.7 Å². The largest absolute Gasteiger partial charge is 0.490 e. The van der Waals surface area contributed by atoms with Gasteiger partial charge >= 0.3 is 0 Å². The third-order valence-corrected chi connectivity index (χ3v) is 13.5. The van der Waals surface area contributed by atoms with Crippen LogP contribution in [0.25, 0.3) is 0 Å². The quantitative estimate of drug-likeness (QED) is 0.410. The Balaban J connectivity index is 1.40. The Morgan fingerprint density at radius 3 is 2.72 bits per heavy atom. The standard InChI is InChI=1S/C36H48ClN3O6S/c1-23-6-4-8-30(35(42)38-16-17-45-3)29-12-9-27(29)20-40-21-36(15-5-7-25-18-28(37)11-13-31(25)36)22-46-33-14-10-26(19-32(33)40)34(41)39-47(43,44)24(23)2/h10-11,13-14,18-19,23-24,27,29-30H,4-9,12,15-17,20-22H2,1-3H3,(H,38,42)(H,39,41)/t23-,24+,27-,29+,30+,36-/m0/s1. The van der Waals surface area contributed by atoms with Crippen LogP contribution >= 0.6 is 11.6 Å². The molecule has 6 atom stereocenters. The predicted molar refractivity (Wildman–Crippen MR) is 184 cm³/mol. The maximum atomic E-state index is 13.7. The SMILES string of the molecule is COCCNC(=O)[C@@H]1CCC[C@H](C)[C@@H](C)S(=O)(=O)NC(=O)c2ccc3c(c2)N(C[C@@H]2CC[C@H]21)C[C@@]1(CCCc2cc(Cl)ccc21)CO3. The molecular weight excluding hydrogens is 638 g/mol. The van der Waals surface area contributed by atoms with Crippen molar-refractivity contribution in [3.8, 4) is 5.75 Å². The van der Waals surface area contributed by atoms with Gasteiger partial charge in [0.1, 0.15) is 5.75 Å². The van der Waals surface area contributed by atoms with Crippen molar-refractivity contribution in [3.63, 3.8) is 0 Å². The first-order chi connectivity index (χ1) is 22.5. The fraction of sp³-hybridized carbons (Fsp3) is 0.611. The summed E-state index contributed by atoms with van der Waals surface area (Å²) in [4.78, 5) is 29.5. The zero-order valence-corrected chi connectivity index (χ0v) is 29.3. The molecule has 256 valence electrons. The first-order valence-electron chi connectivity index (χ1n) is 17.1. The maximum Gasteiger partial charge on any atom is 0.264 e. The van der Waals surface area contributed by atoms with Gasteiger partial charge in [-0.2, -0.15) is 0 Å². The molecule has 0 unspecified atom stereocenters. The van der Waals surface area contributed by atoms with Crippen molar-refractivity contribution in [1.82, 2.24) is 10.0 Å². The summed E-state index contributed by atoms with van der Waals surface area (Å²) in [5.74, 6) is 0.219. The van der Waals surface area contributed by atoms with Gasteiger partial charge < -0.3 is 19.7 Å².